The quantitative estimate of drug-likeness (QED) is 0.352. The van der Waals surface area contributed by atoms with E-state index in [0.29, 0.717) is 19.5 Å². The molecule has 1 heterocycles. The zero-order valence-corrected chi connectivity index (χ0v) is 9.59. The van der Waals surface area contributed by atoms with E-state index >= 15 is 0 Å². The van der Waals surface area contributed by atoms with Gasteiger partial charge in [0.2, 0.25) is 5.91 Å². The number of hydrazine groups is 1. The summed E-state index contributed by atoms with van der Waals surface area (Å²) < 4.78 is 22.5. The van der Waals surface area contributed by atoms with Gasteiger partial charge in [-0.15, -0.1) is 0 Å². The van der Waals surface area contributed by atoms with Gasteiger partial charge in [0.25, 0.3) is 0 Å². The summed E-state index contributed by atoms with van der Waals surface area (Å²) in [4.78, 5) is 12.9. The molecule has 0 aliphatic carbocycles. The molecule has 1 rings (SSSR count). The van der Waals surface area contributed by atoms with Gasteiger partial charge in [-0.3, -0.25) is 15.1 Å². The smallest absolute Gasteiger partial charge is 0.235 e. The molecule has 6 nitrogen and oxygen atoms in total. The predicted molar refractivity (Wildman–Crippen MR) is 56.6 cm³/mol. The molecule has 15 heavy (non-hydrogen) atoms. The summed E-state index contributed by atoms with van der Waals surface area (Å²) in [5.41, 5.74) is 2.05. The standard InChI is InChI=1S/C8H17N3O3S/c1-7-6-15(13,14)5-4-11(7)3-2-8(12)10-9/h7H,2-6,9H2,1H3,(H,10,12). The minimum absolute atomic E-state index is 0.0191. The van der Waals surface area contributed by atoms with E-state index in [4.69, 9.17) is 5.84 Å². The van der Waals surface area contributed by atoms with Crippen molar-refractivity contribution in [2.24, 2.45) is 5.84 Å². The summed E-state index contributed by atoms with van der Waals surface area (Å²) in [5.74, 6) is 5.09. The summed E-state index contributed by atoms with van der Waals surface area (Å²) in [6.45, 7) is 2.91. The number of nitrogens with one attached hydrogen (secondary N) is 1. The van der Waals surface area contributed by atoms with E-state index in [-0.39, 0.29) is 23.5 Å². The highest BCUT2D eigenvalue weighted by Crippen LogP contribution is 2.11. The summed E-state index contributed by atoms with van der Waals surface area (Å²) >= 11 is 0. The Kier molecular flexibility index (Phi) is 4.06. The lowest BCUT2D eigenvalue weighted by Gasteiger charge is -2.32. The number of amides is 1. The molecule has 1 aliphatic heterocycles. The summed E-state index contributed by atoms with van der Waals surface area (Å²) in [7, 11) is -2.88. The summed E-state index contributed by atoms with van der Waals surface area (Å²) in [5, 5.41) is 0. The number of rotatable bonds is 3. The molecular weight excluding hydrogens is 218 g/mol. The van der Waals surface area contributed by atoms with Crippen LogP contribution in [0.4, 0.5) is 0 Å². The highest BCUT2D eigenvalue weighted by atomic mass is 32.2. The average Bonchev–Trinajstić information content (AvgIpc) is 2.15. The van der Waals surface area contributed by atoms with E-state index in [2.05, 4.69) is 5.43 Å². The maximum Gasteiger partial charge on any atom is 0.235 e. The fourth-order valence-electron chi connectivity index (χ4n) is 1.68. The number of hydrogen-bond acceptors (Lipinski definition) is 5. The Bertz CT molecular complexity index is 328. The van der Waals surface area contributed by atoms with Gasteiger partial charge in [0, 0.05) is 25.6 Å². The lowest BCUT2D eigenvalue weighted by atomic mass is 10.2. The monoisotopic (exact) mass is 235 g/mol. The molecule has 3 N–H and O–H groups in total. The van der Waals surface area contributed by atoms with Crippen LogP contribution in [-0.4, -0.2) is 49.9 Å². The van der Waals surface area contributed by atoms with Crippen LogP contribution in [0.25, 0.3) is 0 Å². The van der Waals surface area contributed by atoms with Gasteiger partial charge in [-0.25, -0.2) is 14.3 Å². The second-order valence-corrected chi connectivity index (χ2v) is 6.05. The van der Waals surface area contributed by atoms with Crippen molar-refractivity contribution in [3.63, 3.8) is 0 Å². The maximum atomic E-state index is 11.3. The molecule has 1 unspecified atom stereocenters. The molecule has 0 aromatic heterocycles. The average molecular weight is 235 g/mol. The molecule has 1 aliphatic rings. The second kappa shape index (κ2) is 4.91. The van der Waals surface area contributed by atoms with E-state index in [0.717, 1.165) is 0 Å². The van der Waals surface area contributed by atoms with Crippen molar-refractivity contribution >= 4 is 15.7 Å². The van der Waals surface area contributed by atoms with Crippen LogP contribution in [0, 0.1) is 0 Å². The molecule has 1 fully saturated rings. The Labute approximate surface area is 89.7 Å². The van der Waals surface area contributed by atoms with Gasteiger partial charge in [0.1, 0.15) is 0 Å². The van der Waals surface area contributed by atoms with Crippen LogP contribution in [0.15, 0.2) is 0 Å². The maximum absolute atomic E-state index is 11.3. The van der Waals surface area contributed by atoms with Gasteiger partial charge < -0.3 is 0 Å². The topological polar surface area (TPSA) is 92.5 Å². The van der Waals surface area contributed by atoms with Gasteiger partial charge >= 0.3 is 0 Å². The largest absolute Gasteiger partial charge is 0.298 e. The SMILES string of the molecule is CC1CS(=O)(=O)CCN1CCC(=O)NN. The number of nitrogens with two attached hydrogens (primary N) is 1. The minimum Gasteiger partial charge on any atom is -0.298 e. The van der Waals surface area contributed by atoms with Crippen molar-refractivity contribution in [3.8, 4) is 0 Å². The van der Waals surface area contributed by atoms with Crippen molar-refractivity contribution in [2.45, 2.75) is 19.4 Å². The lowest BCUT2D eigenvalue weighted by molar-refractivity contribution is -0.121. The Balaban J connectivity index is 2.42. The first kappa shape index (κ1) is 12.4. The third-order valence-electron chi connectivity index (χ3n) is 2.60. The second-order valence-electron chi connectivity index (χ2n) is 3.82. The van der Waals surface area contributed by atoms with Crippen LogP contribution in [0.3, 0.4) is 0 Å². The van der Waals surface area contributed by atoms with Gasteiger partial charge in [-0.1, -0.05) is 0 Å². The minimum atomic E-state index is -2.88. The van der Waals surface area contributed by atoms with Crippen LogP contribution >= 0.6 is 0 Å². The van der Waals surface area contributed by atoms with Crippen molar-refractivity contribution in [1.29, 1.82) is 0 Å². The molecule has 7 heteroatoms. The normalized spacial score (nSPS) is 26.1. The van der Waals surface area contributed by atoms with Gasteiger partial charge in [0.05, 0.1) is 11.5 Å². The molecule has 0 saturated carbocycles. The third-order valence-corrected chi connectivity index (χ3v) is 4.39. The molecule has 0 bridgehead atoms. The van der Waals surface area contributed by atoms with E-state index in [9.17, 15) is 13.2 Å². The van der Waals surface area contributed by atoms with Crippen molar-refractivity contribution in [1.82, 2.24) is 10.3 Å². The number of carbonyl (C=O) groups is 1. The molecule has 1 saturated heterocycles. The van der Waals surface area contributed by atoms with Crippen molar-refractivity contribution in [2.75, 3.05) is 24.6 Å². The van der Waals surface area contributed by atoms with Crippen LogP contribution < -0.4 is 11.3 Å². The van der Waals surface area contributed by atoms with Gasteiger partial charge in [-0.2, -0.15) is 0 Å². The predicted octanol–water partition coefficient (Wildman–Crippen LogP) is -1.51. The third kappa shape index (κ3) is 3.77. The van der Waals surface area contributed by atoms with Crippen molar-refractivity contribution < 1.29 is 13.2 Å². The van der Waals surface area contributed by atoms with E-state index in [1.807, 2.05) is 11.8 Å². The fraction of sp³-hybridized carbons (Fsp3) is 0.875. The number of nitrogens with zero attached hydrogens (tertiary/aromatic N) is 1. The number of hydrogen-bond donors (Lipinski definition) is 2. The summed E-state index contributed by atoms with van der Waals surface area (Å²) in [6.07, 6.45) is 0.306. The molecule has 0 spiro atoms. The molecule has 88 valence electrons. The Hall–Kier alpha value is -0.660. The van der Waals surface area contributed by atoms with E-state index in [1.54, 1.807) is 0 Å². The molecule has 1 amide bonds. The van der Waals surface area contributed by atoms with E-state index < -0.39 is 9.84 Å². The highest BCUT2D eigenvalue weighted by molar-refractivity contribution is 7.91. The first-order valence-corrected chi connectivity index (χ1v) is 6.70. The zero-order chi connectivity index (χ0) is 11.5. The molecule has 0 radical (unpaired) electrons. The van der Waals surface area contributed by atoms with Gasteiger partial charge in [-0.05, 0) is 6.92 Å². The molecule has 0 aromatic rings. The number of sulfone groups is 1. The summed E-state index contributed by atoms with van der Waals surface area (Å²) in [6, 6.07) is -0.0191. The van der Waals surface area contributed by atoms with Crippen LogP contribution in [0.1, 0.15) is 13.3 Å². The Morgan fingerprint density at radius 3 is 2.80 bits per heavy atom. The van der Waals surface area contributed by atoms with Gasteiger partial charge in [0.15, 0.2) is 9.84 Å². The molecule has 1 atom stereocenters. The molecular formula is C8H17N3O3S. The Morgan fingerprint density at radius 1 is 1.60 bits per heavy atom. The van der Waals surface area contributed by atoms with Crippen LogP contribution in [0.2, 0.25) is 0 Å². The van der Waals surface area contributed by atoms with Crippen molar-refractivity contribution in [3.05, 3.63) is 0 Å². The first-order valence-electron chi connectivity index (χ1n) is 4.88. The number of carbonyl (C=O) groups excluding carboxylic acids is 1. The lowest BCUT2D eigenvalue weighted by Crippen LogP contribution is -2.48. The van der Waals surface area contributed by atoms with Crippen LogP contribution in [0.5, 0.6) is 0 Å². The fourth-order valence-corrected chi connectivity index (χ4v) is 3.31. The zero-order valence-electron chi connectivity index (χ0n) is 8.77. The molecule has 0 aromatic carbocycles. The first-order chi connectivity index (χ1) is 6.94. The van der Waals surface area contributed by atoms with E-state index in [1.165, 1.54) is 0 Å². The Morgan fingerprint density at radius 2 is 2.27 bits per heavy atom. The highest BCUT2D eigenvalue weighted by Gasteiger charge is 2.27. The van der Waals surface area contributed by atoms with Crippen LogP contribution in [-0.2, 0) is 14.6 Å².